The van der Waals surface area contributed by atoms with Crippen LogP contribution in [0.2, 0.25) is 0 Å². The summed E-state index contributed by atoms with van der Waals surface area (Å²) in [4.78, 5) is 0. The molecule has 4 heteroatoms. The van der Waals surface area contributed by atoms with Gasteiger partial charge in [-0.1, -0.05) is 44.2 Å². The summed E-state index contributed by atoms with van der Waals surface area (Å²) in [5.74, 6) is -0.0125. The highest BCUT2D eigenvalue weighted by Crippen LogP contribution is 2.30. The lowest BCUT2D eigenvalue weighted by molar-refractivity contribution is -0.279. The number of hydrogen-bond acceptors (Lipinski definition) is 4. The molecule has 0 aliphatic carbocycles. The molecule has 0 saturated carbocycles. The highest BCUT2D eigenvalue weighted by Gasteiger charge is 2.43. The van der Waals surface area contributed by atoms with Crippen molar-refractivity contribution in [1.29, 1.82) is 0 Å². The normalized spacial score (nSPS) is 34.1. The zero-order chi connectivity index (χ0) is 14.5. The second-order valence-corrected chi connectivity index (χ2v) is 5.30. The van der Waals surface area contributed by atoms with Gasteiger partial charge in [-0.3, -0.25) is 0 Å². The number of aliphatic hydroxyl groups is 1. The Bertz CT molecular complexity index is 379. The Kier molecular flexibility index (Phi) is 5.54. The Balaban J connectivity index is 2.02. The van der Waals surface area contributed by atoms with E-state index in [0.717, 1.165) is 12.0 Å². The van der Waals surface area contributed by atoms with Crippen LogP contribution in [-0.2, 0) is 20.8 Å². The van der Waals surface area contributed by atoms with Gasteiger partial charge < -0.3 is 19.3 Å². The minimum absolute atomic E-state index is 0.0125. The van der Waals surface area contributed by atoms with Crippen LogP contribution in [0.1, 0.15) is 25.8 Å². The van der Waals surface area contributed by atoms with Gasteiger partial charge in [0.05, 0.1) is 18.8 Å². The topological polar surface area (TPSA) is 47.9 Å². The first-order valence-electron chi connectivity index (χ1n) is 7.19. The van der Waals surface area contributed by atoms with Crippen molar-refractivity contribution in [2.75, 3.05) is 7.11 Å². The first kappa shape index (κ1) is 15.4. The molecule has 1 aliphatic heterocycles. The molecule has 1 aromatic carbocycles. The third-order valence-corrected chi connectivity index (χ3v) is 3.89. The predicted molar refractivity (Wildman–Crippen MR) is 76.2 cm³/mol. The summed E-state index contributed by atoms with van der Waals surface area (Å²) in [6, 6.07) is 9.97. The molecule has 4 nitrogen and oxygen atoms in total. The Morgan fingerprint density at radius 1 is 1.25 bits per heavy atom. The molecular weight excluding hydrogens is 256 g/mol. The second-order valence-electron chi connectivity index (χ2n) is 5.30. The van der Waals surface area contributed by atoms with Gasteiger partial charge in [-0.15, -0.1) is 0 Å². The SMILES string of the molecule is CCC1O[C@H](OC)C(C)[C@H](OCc2ccccc2)[C@@H]1O. The highest BCUT2D eigenvalue weighted by molar-refractivity contribution is 5.13. The lowest BCUT2D eigenvalue weighted by Crippen LogP contribution is -2.54. The summed E-state index contributed by atoms with van der Waals surface area (Å²) < 4.78 is 17.0. The maximum absolute atomic E-state index is 10.4. The largest absolute Gasteiger partial charge is 0.388 e. The molecule has 1 aromatic rings. The minimum atomic E-state index is -0.620. The van der Waals surface area contributed by atoms with Gasteiger partial charge in [0, 0.05) is 13.0 Å². The Hall–Kier alpha value is -0.940. The summed E-state index contributed by atoms with van der Waals surface area (Å²) >= 11 is 0. The van der Waals surface area contributed by atoms with Crippen LogP contribution in [0.5, 0.6) is 0 Å². The number of methoxy groups -OCH3 is 1. The van der Waals surface area contributed by atoms with Crippen molar-refractivity contribution >= 4 is 0 Å². The van der Waals surface area contributed by atoms with E-state index in [1.165, 1.54) is 0 Å². The van der Waals surface area contributed by atoms with Crippen molar-refractivity contribution in [1.82, 2.24) is 0 Å². The summed E-state index contributed by atoms with van der Waals surface area (Å²) in [6.45, 7) is 4.46. The molecule has 1 aliphatic rings. The number of rotatable bonds is 5. The fraction of sp³-hybridized carbons (Fsp3) is 0.625. The Labute approximate surface area is 120 Å². The third kappa shape index (κ3) is 3.38. The number of hydrogen-bond donors (Lipinski definition) is 1. The fourth-order valence-electron chi connectivity index (χ4n) is 2.68. The van der Waals surface area contributed by atoms with Crippen LogP contribution in [0.25, 0.3) is 0 Å². The molecular formula is C16H24O4. The van der Waals surface area contributed by atoms with Crippen LogP contribution >= 0.6 is 0 Å². The van der Waals surface area contributed by atoms with Gasteiger partial charge >= 0.3 is 0 Å². The van der Waals surface area contributed by atoms with E-state index < -0.39 is 6.10 Å². The maximum atomic E-state index is 10.4. The first-order chi connectivity index (χ1) is 9.67. The quantitative estimate of drug-likeness (QED) is 0.899. The van der Waals surface area contributed by atoms with Crippen molar-refractivity contribution in [2.45, 2.75) is 51.5 Å². The van der Waals surface area contributed by atoms with Gasteiger partial charge in [0.1, 0.15) is 6.10 Å². The fourth-order valence-corrected chi connectivity index (χ4v) is 2.68. The molecule has 2 unspecified atom stereocenters. The molecule has 20 heavy (non-hydrogen) atoms. The zero-order valence-electron chi connectivity index (χ0n) is 12.4. The van der Waals surface area contributed by atoms with Gasteiger partial charge in [-0.2, -0.15) is 0 Å². The smallest absolute Gasteiger partial charge is 0.162 e. The maximum Gasteiger partial charge on any atom is 0.162 e. The Morgan fingerprint density at radius 2 is 1.95 bits per heavy atom. The molecule has 0 bridgehead atoms. The number of aliphatic hydroxyl groups excluding tert-OH is 1. The van der Waals surface area contributed by atoms with E-state index in [1.54, 1.807) is 7.11 Å². The Morgan fingerprint density at radius 3 is 2.55 bits per heavy atom. The van der Waals surface area contributed by atoms with Gasteiger partial charge in [0.15, 0.2) is 6.29 Å². The lowest BCUT2D eigenvalue weighted by Gasteiger charge is -2.42. The van der Waals surface area contributed by atoms with E-state index in [-0.39, 0.29) is 24.4 Å². The van der Waals surface area contributed by atoms with E-state index in [0.29, 0.717) is 6.61 Å². The van der Waals surface area contributed by atoms with Crippen LogP contribution in [0, 0.1) is 5.92 Å². The van der Waals surface area contributed by atoms with Crippen LogP contribution in [0.15, 0.2) is 30.3 Å². The van der Waals surface area contributed by atoms with E-state index >= 15 is 0 Å². The number of benzene rings is 1. The highest BCUT2D eigenvalue weighted by atomic mass is 16.7. The molecule has 112 valence electrons. The molecule has 5 atom stereocenters. The molecule has 0 radical (unpaired) electrons. The monoisotopic (exact) mass is 280 g/mol. The van der Waals surface area contributed by atoms with E-state index in [4.69, 9.17) is 14.2 Å². The summed E-state index contributed by atoms with van der Waals surface area (Å²) in [5, 5.41) is 10.4. The lowest BCUT2D eigenvalue weighted by atomic mass is 9.91. The summed E-state index contributed by atoms with van der Waals surface area (Å²) in [7, 11) is 1.62. The van der Waals surface area contributed by atoms with Gasteiger partial charge in [-0.05, 0) is 12.0 Å². The van der Waals surface area contributed by atoms with E-state index in [9.17, 15) is 5.11 Å². The van der Waals surface area contributed by atoms with Crippen molar-refractivity contribution in [3.05, 3.63) is 35.9 Å². The van der Waals surface area contributed by atoms with Crippen LogP contribution in [0.4, 0.5) is 0 Å². The average Bonchev–Trinajstić information content (AvgIpc) is 2.48. The molecule has 1 heterocycles. The molecule has 1 saturated heterocycles. The van der Waals surface area contributed by atoms with Crippen molar-refractivity contribution in [3.8, 4) is 0 Å². The molecule has 1 fully saturated rings. The van der Waals surface area contributed by atoms with Gasteiger partial charge in [-0.25, -0.2) is 0 Å². The molecule has 1 N–H and O–H groups in total. The number of ether oxygens (including phenoxy) is 3. The van der Waals surface area contributed by atoms with Crippen LogP contribution < -0.4 is 0 Å². The molecule has 0 amide bonds. The van der Waals surface area contributed by atoms with Gasteiger partial charge in [0.2, 0.25) is 0 Å². The van der Waals surface area contributed by atoms with Crippen LogP contribution in [0.3, 0.4) is 0 Å². The van der Waals surface area contributed by atoms with Gasteiger partial charge in [0.25, 0.3) is 0 Å². The van der Waals surface area contributed by atoms with E-state index in [1.807, 2.05) is 44.2 Å². The van der Waals surface area contributed by atoms with Crippen molar-refractivity contribution < 1.29 is 19.3 Å². The standard InChI is InChI=1S/C16H24O4/c1-4-13-14(17)15(11(2)16(18-3)20-13)19-10-12-8-6-5-7-9-12/h5-9,11,13-17H,4,10H2,1-3H3/t11?,13?,14-,15+,16+/m1/s1. The van der Waals surface area contributed by atoms with Crippen molar-refractivity contribution in [3.63, 3.8) is 0 Å². The predicted octanol–water partition coefficient (Wildman–Crippen LogP) is 2.35. The van der Waals surface area contributed by atoms with Crippen molar-refractivity contribution in [2.24, 2.45) is 5.92 Å². The first-order valence-corrected chi connectivity index (χ1v) is 7.19. The average molecular weight is 280 g/mol. The molecule has 0 spiro atoms. The molecule has 0 aromatic heterocycles. The summed E-state index contributed by atoms with van der Waals surface area (Å²) in [5.41, 5.74) is 1.10. The zero-order valence-corrected chi connectivity index (χ0v) is 12.4. The van der Waals surface area contributed by atoms with Crippen LogP contribution in [-0.4, -0.2) is 36.8 Å². The second kappa shape index (κ2) is 7.18. The third-order valence-electron chi connectivity index (χ3n) is 3.89. The summed E-state index contributed by atoms with van der Waals surface area (Å²) in [6.07, 6.45) is -0.733. The molecule has 2 rings (SSSR count). The minimum Gasteiger partial charge on any atom is -0.388 e. The van der Waals surface area contributed by atoms with E-state index in [2.05, 4.69) is 0 Å².